The molecule has 2 N–H and O–H groups in total. The van der Waals surface area contributed by atoms with E-state index in [0.717, 1.165) is 10.8 Å². The van der Waals surface area contributed by atoms with Crippen molar-refractivity contribution in [2.75, 3.05) is 7.11 Å². The Morgan fingerprint density at radius 1 is 1.22 bits per heavy atom. The van der Waals surface area contributed by atoms with Crippen molar-refractivity contribution >= 4 is 16.3 Å². The number of piperidine rings is 1. The van der Waals surface area contributed by atoms with E-state index in [1.165, 1.54) is 13.3 Å². The number of alkyl halides is 2. The fourth-order valence-electron chi connectivity index (χ4n) is 5.00. The molecule has 0 amide bonds. The SMILES string of the molecule is C=C(c1ncc(-c2cc3ccncc3cc2O)nn1)[C@H]1C[C@@]2(C)NC(CC2(F)F)[C@@H]1OC. The van der Waals surface area contributed by atoms with Crippen LogP contribution in [0.5, 0.6) is 5.75 Å². The summed E-state index contributed by atoms with van der Waals surface area (Å²) in [4.78, 5) is 8.44. The molecule has 2 bridgehead atoms. The molecule has 0 aliphatic carbocycles. The van der Waals surface area contributed by atoms with Crippen LogP contribution in [-0.2, 0) is 4.74 Å². The fraction of sp³-hybridized carbons (Fsp3) is 0.391. The van der Waals surface area contributed by atoms with E-state index >= 15 is 0 Å². The van der Waals surface area contributed by atoms with E-state index in [0.29, 0.717) is 16.8 Å². The first-order valence-corrected chi connectivity index (χ1v) is 10.4. The van der Waals surface area contributed by atoms with Crippen LogP contribution in [0.25, 0.3) is 27.6 Å². The van der Waals surface area contributed by atoms with E-state index < -0.39 is 23.6 Å². The molecular weight excluding hydrogens is 416 g/mol. The number of pyridine rings is 1. The number of rotatable bonds is 4. The average Bonchev–Trinajstić information content (AvgIpc) is 2.96. The van der Waals surface area contributed by atoms with Crippen LogP contribution in [0, 0.1) is 5.92 Å². The third kappa shape index (κ3) is 3.15. The lowest BCUT2D eigenvalue weighted by Gasteiger charge is -2.42. The van der Waals surface area contributed by atoms with Gasteiger partial charge in [-0.25, -0.2) is 13.8 Å². The average molecular weight is 439 g/mol. The Bertz CT molecular complexity index is 1200. The van der Waals surface area contributed by atoms with Crippen molar-refractivity contribution in [3.63, 3.8) is 0 Å². The molecule has 166 valence electrons. The summed E-state index contributed by atoms with van der Waals surface area (Å²) in [5, 5.41) is 23.6. The number of benzene rings is 1. The van der Waals surface area contributed by atoms with Crippen molar-refractivity contribution in [1.29, 1.82) is 0 Å². The second-order valence-electron chi connectivity index (χ2n) is 8.79. The molecule has 2 aliphatic rings. The van der Waals surface area contributed by atoms with Gasteiger partial charge in [0.2, 0.25) is 0 Å². The molecule has 4 atom stereocenters. The van der Waals surface area contributed by atoms with E-state index in [-0.39, 0.29) is 30.3 Å². The van der Waals surface area contributed by atoms with Crippen LogP contribution in [0.2, 0.25) is 0 Å². The van der Waals surface area contributed by atoms with Crippen LogP contribution in [0.3, 0.4) is 0 Å². The third-order valence-corrected chi connectivity index (χ3v) is 6.81. The van der Waals surface area contributed by atoms with E-state index in [1.54, 1.807) is 31.5 Å². The molecule has 5 rings (SSSR count). The number of hydrogen-bond acceptors (Lipinski definition) is 7. The summed E-state index contributed by atoms with van der Waals surface area (Å²) in [6, 6.07) is 4.76. The normalized spacial score (nSPS) is 28.7. The monoisotopic (exact) mass is 439 g/mol. The van der Waals surface area contributed by atoms with Crippen molar-refractivity contribution < 1.29 is 18.6 Å². The Kier molecular flexibility index (Phi) is 4.72. The minimum atomic E-state index is -2.84. The predicted octanol–water partition coefficient (Wildman–Crippen LogP) is 3.60. The van der Waals surface area contributed by atoms with Gasteiger partial charge in [0.25, 0.3) is 5.92 Å². The number of phenolic OH excluding ortho intramolecular Hbond substituents is 1. The Morgan fingerprint density at radius 3 is 2.75 bits per heavy atom. The van der Waals surface area contributed by atoms with E-state index in [4.69, 9.17) is 4.74 Å². The van der Waals surface area contributed by atoms with Crippen molar-refractivity contribution in [1.82, 2.24) is 25.5 Å². The van der Waals surface area contributed by atoms with Gasteiger partial charge in [-0.2, -0.15) is 0 Å². The number of aromatic hydroxyl groups is 1. The van der Waals surface area contributed by atoms with Crippen LogP contribution < -0.4 is 5.32 Å². The highest BCUT2D eigenvalue weighted by molar-refractivity contribution is 5.89. The smallest absolute Gasteiger partial charge is 0.267 e. The molecule has 7 nitrogen and oxygen atoms in total. The lowest BCUT2D eigenvalue weighted by molar-refractivity contribution is -0.0630. The number of nitrogens with one attached hydrogen (secondary N) is 1. The molecule has 32 heavy (non-hydrogen) atoms. The molecule has 0 saturated carbocycles. The van der Waals surface area contributed by atoms with Crippen LogP contribution in [0.1, 0.15) is 25.6 Å². The van der Waals surface area contributed by atoms with Gasteiger partial charge in [0.15, 0.2) is 5.82 Å². The highest BCUT2D eigenvalue weighted by atomic mass is 19.3. The summed E-state index contributed by atoms with van der Waals surface area (Å²) >= 11 is 0. The van der Waals surface area contributed by atoms with Crippen molar-refractivity contribution in [2.45, 2.75) is 43.4 Å². The molecule has 9 heteroatoms. The topological polar surface area (TPSA) is 93.1 Å². The van der Waals surface area contributed by atoms with Gasteiger partial charge in [-0.15, -0.1) is 10.2 Å². The first kappa shape index (κ1) is 20.8. The maximum atomic E-state index is 14.6. The molecule has 2 aromatic heterocycles. The van der Waals surface area contributed by atoms with Crippen LogP contribution in [0.4, 0.5) is 8.78 Å². The number of nitrogens with zero attached hydrogens (tertiary/aromatic N) is 4. The first-order valence-electron chi connectivity index (χ1n) is 10.4. The zero-order chi connectivity index (χ0) is 22.7. The Hall–Kier alpha value is -3.04. The Labute approximate surface area is 183 Å². The molecule has 1 aromatic carbocycles. The minimum Gasteiger partial charge on any atom is -0.507 e. The van der Waals surface area contributed by atoms with Gasteiger partial charge >= 0.3 is 0 Å². The summed E-state index contributed by atoms with van der Waals surface area (Å²) in [6.07, 6.45) is 4.24. The van der Waals surface area contributed by atoms with E-state index in [9.17, 15) is 13.9 Å². The Balaban J connectivity index is 1.44. The highest BCUT2D eigenvalue weighted by Gasteiger charge is 2.64. The zero-order valence-electron chi connectivity index (χ0n) is 17.7. The molecule has 2 saturated heterocycles. The van der Waals surface area contributed by atoms with Crippen LogP contribution >= 0.6 is 0 Å². The quantitative estimate of drug-likeness (QED) is 0.642. The number of aromatic nitrogens is 4. The number of halogens is 2. The van der Waals surface area contributed by atoms with Gasteiger partial charge in [-0.3, -0.25) is 4.98 Å². The molecule has 2 fully saturated rings. The van der Waals surface area contributed by atoms with Gasteiger partial charge in [0.1, 0.15) is 11.4 Å². The highest BCUT2D eigenvalue weighted by Crippen LogP contribution is 2.51. The number of fused-ring (bicyclic) bond motifs is 3. The molecule has 3 aromatic rings. The zero-order valence-corrected chi connectivity index (χ0v) is 17.7. The number of ether oxygens (including phenoxy) is 1. The second-order valence-corrected chi connectivity index (χ2v) is 8.79. The second kappa shape index (κ2) is 7.25. The number of methoxy groups -OCH3 is 1. The summed E-state index contributed by atoms with van der Waals surface area (Å²) in [5.41, 5.74) is 0.0622. The predicted molar refractivity (Wildman–Crippen MR) is 115 cm³/mol. The van der Waals surface area contributed by atoms with E-state index in [1.807, 2.05) is 6.07 Å². The number of phenols is 1. The molecule has 4 heterocycles. The Morgan fingerprint density at radius 2 is 2.03 bits per heavy atom. The third-order valence-electron chi connectivity index (χ3n) is 6.81. The van der Waals surface area contributed by atoms with Gasteiger partial charge in [-0.05, 0) is 42.5 Å². The van der Waals surface area contributed by atoms with Gasteiger partial charge in [0, 0.05) is 48.8 Å². The molecular formula is C23H23F2N5O2. The number of hydrogen-bond donors (Lipinski definition) is 2. The van der Waals surface area contributed by atoms with Gasteiger partial charge in [0.05, 0.1) is 17.8 Å². The lowest BCUT2D eigenvalue weighted by Crippen LogP contribution is -2.59. The standard InChI is InChI=1S/C23H23F2N5O2/c1-12(16-8-22(2)23(24,25)9-17(28-22)20(16)32-3)21-27-11-18(29-30-21)15-6-13-4-5-26-10-14(13)7-19(15)31/h4-7,10-11,16-17,20,28,31H,1,8-9H2,2-3H3/t16-,17?,20-,22-/m1/s1. The summed E-state index contributed by atoms with van der Waals surface area (Å²) in [5.74, 6) is -2.90. The largest absolute Gasteiger partial charge is 0.507 e. The fourth-order valence-corrected chi connectivity index (χ4v) is 5.00. The minimum absolute atomic E-state index is 0.0395. The van der Waals surface area contributed by atoms with Crippen LogP contribution in [-0.4, -0.2) is 56.0 Å². The van der Waals surface area contributed by atoms with Gasteiger partial charge in [-0.1, -0.05) is 6.58 Å². The summed E-state index contributed by atoms with van der Waals surface area (Å²) in [7, 11) is 1.52. The summed E-state index contributed by atoms with van der Waals surface area (Å²) < 4.78 is 34.8. The maximum Gasteiger partial charge on any atom is 0.267 e. The van der Waals surface area contributed by atoms with Crippen LogP contribution in [0.15, 0.2) is 43.4 Å². The van der Waals surface area contributed by atoms with Gasteiger partial charge < -0.3 is 15.2 Å². The summed E-state index contributed by atoms with van der Waals surface area (Å²) in [6.45, 7) is 5.65. The maximum absolute atomic E-state index is 14.6. The van der Waals surface area contributed by atoms with Crippen molar-refractivity contribution in [3.8, 4) is 17.0 Å². The van der Waals surface area contributed by atoms with E-state index in [2.05, 4.69) is 32.1 Å². The van der Waals surface area contributed by atoms with Crippen molar-refractivity contribution in [2.24, 2.45) is 5.92 Å². The molecule has 1 unspecified atom stereocenters. The molecule has 0 radical (unpaired) electrons. The molecule has 0 spiro atoms. The first-order chi connectivity index (χ1) is 15.2. The molecule has 2 aliphatic heterocycles. The lowest BCUT2D eigenvalue weighted by atomic mass is 9.78. The van der Waals surface area contributed by atoms with Crippen molar-refractivity contribution in [3.05, 3.63) is 49.2 Å².